The van der Waals surface area contributed by atoms with E-state index in [1.807, 2.05) is 24.3 Å². The summed E-state index contributed by atoms with van der Waals surface area (Å²) in [5.74, 6) is 0. The molecule has 2 rings (SSSR count). The van der Waals surface area contributed by atoms with Gasteiger partial charge in [0, 0.05) is 4.88 Å². The normalized spacial score (nSPS) is 9.40. The molecule has 0 amide bonds. The Morgan fingerprint density at radius 2 is 1.93 bits per heavy atom. The molecule has 0 atom stereocenters. The Hall–Kier alpha value is -1.56. The highest BCUT2D eigenvalue weighted by atomic mass is 32.1. The van der Waals surface area contributed by atoms with Gasteiger partial charge in [-0.1, -0.05) is 36.4 Å². The highest BCUT2D eigenvalue weighted by molar-refractivity contribution is 7.10. The van der Waals surface area contributed by atoms with E-state index in [2.05, 4.69) is 42.3 Å². The van der Waals surface area contributed by atoms with Gasteiger partial charge in [0.1, 0.15) is 0 Å². The summed E-state index contributed by atoms with van der Waals surface area (Å²) < 4.78 is 0. The fourth-order valence-electron chi connectivity index (χ4n) is 1.32. The summed E-state index contributed by atoms with van der Waals surface area (Å²) in [5, 5.41) is 2.07. The Kier molecular flexibility index (Phi) is 3.18. The first kappa shape index (κ1) is 9.97. The van der Waals surface area contributed by atoms with Crippen molar-refractivity contribution in [1.82, 2.24) is 0 Å². The molecule has 0 unspecified atom stereocenters. The predicted octanol–water partition coefficient (Wildman–Crippen LogP) is 4.46. The van der Waals surface area contributed by atoms with Crippen LogP contribution in [0.5, 0.6) is 0 Å². The quantitative estimate of drug-likeness (QED) is 0.644. The second-order valence-corrected chi connectivity index (χ2v) is 4.27. The van der Waals surface area contributed by atoms with E-state index in [-0.39, 0.29) is 0 Å². The van der Waals surface area contributed by atoms with Gasteiger partial charge in [-0.25, -0.2) is 0 Å². The van der Waals surface area contributed by atoms with Crippen molar-refractivity contribution in [1.29, 1.82) is 0 Å². The molecule has 0 N–H and O–H groups in total. The van der Waals surface area contributed by atoms with Crippen molar-refractivity contribution in [2.24, 2.45) is 0 Å². The van der Waals surface area contributed by atoms with E-state index >= 15 is 0 Å². The van der Waals surface area contributed by atoms with Gasteiger partial charge in [-0.2, -0.15) is 0 Å². The lowest BCUT2D eigenvalue weighted by molar-refractivity contribution is 1.58. The van der Waals surface area contributed by atoms with Crippen molar-refractivity contribution in [3.05, 3.63) is 64.0 Å². The minimum atomic E-state index is 1.17. The maximum atomic E-state index is 3.30. The predicted molar refractivity (Wildman–Crippen MR) is 67.8 cm³/mol. The summed E-state index contributed by atoms with van der Waals surface area (Å²) in [6, 6.07) is 14.5. The summed E-state index contributed by atoms with van der Waals surface area (Å²) in [4.78, 5) is 1.24. The summed E-state index contributed by atoms with van der Waals surface area (Å²) in [6.45, 7) is 2.08. The largest absolute Gasteiger partial charge is 0.144 e. The van der Waals surface area contributed by atoms with Gasteiger partial charge in [-0.05, 0) is 35.6 Å². The Morgan fingerprint density at radius 1 is 1.13 bits per heavy atom. The zero-order valence-corrected chi connectivity index (χ0v) is 9.42. The number of benzene rings is 1. The molecule has 1 heteroatoms. The third-order valence-electron chi connectivity index (χ3n) is 2.18. The molecular weight excluding hydrogens is 200 g/mol. The van der Waals surface area contributed by atoms with Crippen molar-refractivity contribution in [3.8, 4) is 0 Å². The van der Waals surface area contributed by atoms with Crippen molar-refractivity contribution in [2.75, 3.05) is 0 Å². The molecule has 0 radical (unpaired) electrons. The van der Waals surface area contributed by atoms with Crippen molar-refractivity contribution < 1.29 is 0 Å². The lowest BCUT2D eigenvalue weighted by Crippen LogP contribution is -1.74. The van der Waals surface area contributed by atoms with Gasteiger partial charge in [-0.15, -0.1) is 17.1 Å². The van der Waals surface area contributed by atoms with Gasteiger partial charge in [0.25, 0.3) is 0 Å². The number of thiophene rings is 1. The fraction of sp³-hybridized carbons (Fsp3) is 0.0714. The third-order valence-corrected chi connectivity index (χ3v) is 3.00. The SMILES string of the molecule is CC(=C=Cc1cccs1)c1ccccc1. The van der Waals surface area contributed by atoms with Crippen LogP contribution in [0.1, 0.15) is 17.4 Å². The summed E-state index contributed by atoms with van der Waals surface area (Å²) >= 11 is 1.73. The molecule has 0 aliphatic carbocycles. The van der Waals surface area contributed by atoms with Crippen molar-refractivity contribution in [2.45, 2.75) is 6.92 Å². The zero-order valence-electron chi connectivity index (χ0n) is 8.60. The smallest absolute Gasteiger partial charge is 0.0347 e. The van der Waals surface area contributed by atoms with Crippen LogP contribution in [0.3, 0.4) is 0 Å². The molecule has 0 bridgehead atoms. The standard InChI is InChI=1S/C14H12S/c1-12(13-6-3-2-4-7-13)9-10-14-8-5-11-15-14/h2-8,10-11H,1H3. The van der Waals surface area contributed by atoms with E-state index in [1.165, 1.54) is 16.0 Å². The zero-order chi connectivity index (χ0) is 10.5. The second kappa shape index (κ2) is 4.79. The first-order valence-electron chi connectivity index (χ1n) is 4.88. The molecule has 0 saturated carbocycles. The number of rotatable bonds is 2. The van der Waals surface area contributed by atoms with Crippen LogP contribution in [0.25, 0.3) is 11.6 Å². The molecule has 0 fully saturated rings. The van der Waals surface area contributed by atoms with Gasteiger partial charge < -0.3 is 0 Å². The number of hydrogen-bond acceptors (Lipinski definition) is 1. The average Bonchev–Trinajstić information content (AvgIpc) is 2.80. The van der Waals surface area contributed by atoms with E-state index in [1.54, 1.807) is 11.3 Å². The molecule has 0 saturated heterocycles. The highest BCUT2D eigenvalue weighted by Gasteiger charge is 1.91. The van der Waals surface area contributed by atoms with Crippen LogP contribution in [0.4, 0.5) is 0 Å². The molecular formula is C14H12S. The highest BCUT2D eigenvalue weighted by Crippen LogP contribution is 2.14. The summed E-state index contributed by atoms with van der Waals surface area (Å²) in [5.41, 5.74) is 5.70. The molecule has 0 spiro atoms. The first-order chi connectivity index (χ1) is 7.36. The number of allylic oxidation sites excluding steroid dienone is 1. The Labute approximate surface area is 94.2 Å². The van der Waals surface area contributed by atoms with Gasteiger partial charge >= 0.3 is 0 Å². The van der Waals surface area contributed by atoms with Gasteiger partial charge in [0.05, 0.1) is 0 Å². The van der Waals surface area contributed by atoms with E-state index < -0.39 is 0 Å². The molecule has 0 aliphatic rings. The molecule has 0 nitrogen and oxygen atoms in total. The molecule has 1 heterocycles. The van der Waals surface area contributed by atoms with E-state index in [4.69, 9.17) is 0 Å². The minimum Gasteiger partial charge on any atom is -0.144 e. The van der Waals surface area contributed by atoms with Crippen LogP contribution >= 0.6 is 11.3 Å². The molecule has 1 aromatic heterocycles. The summed E-state index contributed by atoms with van der Waals surface area (Å²) in [6.07, 6.45) is 2.03. The van der Waals surface area contributed by atoms with Crippen LogP contribution in [-0.2, 0) is 0 Å². The summed E-state index contributed by atoms with van der Waals surface area (Å²) in [7, 11) is 0. The van der Waals surface area contributed by atoms with Gasteiger partial charge in [0.2, 0.25) is 0 Å². The Morgan fingerprint density at radius 3 is 2.60 bits per heavy atom. The topological polar surface area (TPSA) is 0 Å². The second-order valence-electron chi connectivity index (χ2n) is 3.30. The maximum Gasteiger partial charge on any atom is 0.0347 e. The number of hydrogen-bond donors (Lipinski definition) is 0. The van der Waals surface area contributed by atoms with Crippen LogP contribution in [-0.4, -0.2) is 0 Å². The van der Waals surface area contributed by atoms with Crippen LogP contribution in [0.2, 0.25) is 0 Å². The molecule has 15 heavy (non-hydrogen) atoms. The molecule has 1 aromatic carbocycles. The Balaban J connectivity index is 2.28. The molecule has 2 aromatic rings. The minimum absolute atomic E-state index is 1.17. The molecule has 0 aliphatic heterocycles. The molecule has 74 valence electrons. The lowest BCUT2D eigenvalue weighted by atomic mass is 10.1. The fourth-order valence-corrected chi connectivity index (χ4v) is 1.92. The van der Waals surface area contributed by atoms with E-state index in [0.717, 1.165) is 0 Å². The third kappa shape index (κ3) is 2.69. The first-order valence-corrected chi connectivity index (χ1v) is 5.76. The van der Waals surface area contributed by atoms with E-state index in [9.17, 15) is 0 Å². The monoisotopic (exact) mass is 212 g/mol. The van der Waals surface area contributed by atoms with Crippen molar-refractivity contribution >= 4 is 23.0 Å². The van der Waals surface area contributed by atoms with Gasteiger partial charge in [-0.3, -0.25) is 0 Å². The average molecular weight is 212 g/mol. The van der Waals surface area contributed by atoms with Crippen LogP contribution in [0.15, 0.2) is 53.6 Å². The van der Waals surface area contributed by atoms with Crippen LogP contribution < -0.4 is 0 Å². The van der Waals surface area contributed by atoms with Crippen LogP contribution in [0, 0.1) is 0 Å². The Bertz CT molecular complexity index is 471. The van der Waals surface area contributed by atoms with Gasteiger partial charge in [0.15, 0.2) is 0 Å². The lowest BCUT2D eigenvalue weighted by Gasteiger charge is -1.95. The van der Waals surface area contributed by atoms with E-state index in [0.29, 0.717) is 0 Å². The van der Waals surface area contributed by atoms with Crippen molar-refractivity contribution in [3.63, 3.8) is 0 Å². The maximum absolute atomic E-state index is 3.30.